The van der Waals surface area contributed by atoms with Crippen LogP contribution in [0.2, 0.25) is 0 Å². The molecule has 0 atom stereocenters. The summed E-state index contributed by atoms with van der Waals surface area (Å²) in [6, 6.07) is 14.5. The van der Waals surface area contributed by atoms with Crippen LogP contribution in [-0.2, 0) is 0 Å². The van der Waals surface area contributed by atoms with Gasteiger partial charge in [0.25, 0.3) is 0 Å². The number of allylic oxidation sites excluding steroid dienone is 1. The second-order valence-electron chi connectivity index (χ2n) is 5.01. The van der Waals surface area contributed by atoms with Crippen LogP contribution in [0.5, 0.6) is 0 Å². The van der Waals surface area contributed by atoms with Crippen LogP contribution in [0.4, 0.5) is 5.69 Å². The van der Waals surface area contributed by atoms with E-state index in [9.17, 15) is 9.59 Å². The standard InChI is InChI=1S/C19H19NO2/c1-3-20-17-7-5-4-6-16(19(17)22)18(21)13-12-15-10-8-14(2)9-11-15/h4-13H,3H2,1-2H3,(H,20,22)/b13-12+. The van der Waals surface area contributed by atoms with E-state index in [1.807, 2.05) is 38.1 Å². The van der Waals surface area contributed by atoms with Crippen LogP contribution in [-0.4, -0.2) is 12.3 Å². The topological polar surface area (TPSA) is 46.2 Å². The maximum atomic E-state index is 12.3. The van der Waals surface area contributed by atoms with Crippen molar-refractivity contribution in [1.29, 1.82) is 0 Å². The predicted octanol–water partition coefficient (Wildman–Crippen LogP) is 3.68. The molecule has 1 N–H and O–H groups in total. The van der Waals surface area contributed by atoms with Gasteiger partial charge in [-0.15, -0.1) is 0 Å². The number of hydrogen-bond acceptors (Lipinski definition) is 3. The monoisotopic (exact) mass is 293 g/mol. The summed E-state index contributed by atoms with van der Waals surface area (Å²) in [7, 11) is 0. The summed E-state index contributed by atoms with van der Waals surface area (Å²) < 4.78 is 0. The molecule has 0 spiro atoms. The Morgan fingerprint density at radius 3 is 2.45 bits per heavy atom. The molecule has 0 saturated carbocycles. The molecule has 0 aliphatic heterocycles. The summed E-state index contributed by atoms with van der Waals surface area (Å²) in [5.74, 6) is -0.291. The molecule has 0 heterocycles. The Labute approximate surface area is 130 Å². The number of hydrogen-bond donors (Lipinski definition) is 1. The smallest absolute Gasteiger partial charge is 0.212 e. The third-order valence-corrected chi connectivity index (χ3v) is 3.26. The minimum atomic E-state index is -0.291. The van der Waals surface area contributed by atoms with E-state index in [-0.39, 0.29) is 16.8 Å². The molecule has 0 amide bonds. The summed E-state index contributed by atoms with van der Waals surface area (Å²) in [4.78, 5) is 24.6. The lowest BCUT2D eigenvalue weighted by molar-refractivity contribution is 0.104. The number of ketones is 1. The van der Waals surface area contributed by atoms with E-state index >= 15 is 0 Å². The molecule has 0 aliphatic rings. The van der Waals surface area contributed by atoms with Gasteiger partial charge in [0.1, 0.15) is 0 Å². The fourth-order valence-electron chi connectivity index (χ4n) is 2.06. The highest BCUT2D eigenvalue weighted by Gasteiger charge is 2.08. The van der Waals surface area contributed by atoms with Crippen LogP contribution < -0.4 is 10.7 Å². The highest BCUT2D eigenvalue weighted by molar-refractivity contribution is 6.07. The van der Waals surface area contributed by atoms with Crippen molar-refractivity contribution >= 4 is 17.5 Å². The number of aryl methyl sites for hydroxylation is 1. The molecule has 3 heteroatoms. The summed E-state index contributed by atoms with van der Waals surface area (Å²) in [5.41, 5.74) is 2.43. The Hall–Kier alpha value is -2.68. The minimum absolute atomic E-state index is 0.171. The highest BCUT2D eigenvalue weighted by Crippen LogP contribution is 2.07. The number of carbonyl (C=O) groups is 1. The molecule has 22 heavy (non-hydrogen) atoms. The van der Waals surface area contributed by atoms with Gasteiger partial charge in [0.2, 0.25) is 5.43 Å². The van der Waals surface area contributed by atoms with Gasteiger partial charge in [-0.2, -0.15) is 0 Å². The second kappa shape index (κ2) is 7.36. The van der Waals surface area contributed by atoms with Gasteiger partial charge in [0.15, 0.2) is 5.78 Å². The maximum absolute atomic E-state index is 12.3. The van der Waals surface area contributed by atoms with Gasteiger partial charge in [0, 0.05) is 6.54 Å². The highest BCUT2D eigenvalue weighted by atomic mass is 16.1. The Bertz CT molecular complexity index is 746. The van der Waals surface area contributed by atoms with Crippen molar-refractivity contribution in [2.45, 2.75) is 13.8 Å². The van der Waals surface area contributed by atoms with Crippen molar-refractivity contribution in [1.82, 2.24) is 0 Å². The van der Waals surface area contributed by atoms with Crippen molar-refractivity contribution in [3.05, 3.63) is 81.5 Å². The zero-order valence-electron chi connectivity index (χ0n) is 12.8. The predicted molar refractivity (Wildman–Crippen MR) is 91.4 cm³/mol. The Balaban J connectivity index is 2.30. The molecular weight excluding hydrogens is 274 g/mol. The maximum Gasteiger partial charge on any atom is 0.212 e. The zero-order chi connectivity index (χ0) is 15.9. The molecule has 112 valence electrons. The van der Waals surface area contributed by atoms with Crippen LogP contribution >= 0.6 is 0 Å². The van der Waals surface area contributed by atoms with Gasteiger partial charge in [0.05, 0.1) is 11.3 Å². The van der Waals surface area contributed by atoms with E-state index in [1.54, 1.807) is 30.3 Å². The number of benzene rings is 1. The first-order chi connectivity index (χ1) is 10.6. The average molecular weight is 293 g/mol. The van der Waals surface area contributed by atoms with E-state index in [0.717, 1.165) is 11.1 Å². The molecular formula is C19H19NO2. The number of nitrogens with one attached hydrogen (secondary N) is 1. The third-order valence-electron chi connectivity index (χ3n) is 3.26. The molecule has 0 saturated heterocycles. The van der Waals surface area contributed by atoms with Crippen LogP contribution in [0, 0.1) is 6.92 Å². The van der Waals surface area contributed by atoms with Gasteiger partial charge < -0.3 is 5.32 Å². The lowest BCUT2D eigenvalue weighted by Gasteiger charge is -1.99. The van der Waals surface area contributed by atoms with Gasteiger partial charge in [-0.05, 0) is 37.6 Å². The largest absolute Gasteiger partial charge is 0.382 e. The van der Waals surface area contributed by atoms with Crippen molar-refractivity contribution in [3.63, 3.8) is 0 Å². The van der Waals surface area contributed by atoms with Crippen LogP contribution in [0.1, 0.15) is 28.4 Å². The van der Waals surface area contributed by atoms with Crippen LogP contribution in [0.25, 0.3) is 6.08 Å². The van der Waals surface area contributed by atoms with Crippen LogP contribution in [0.3, 0.4) is 0 Å². The Kier molecular flexibility index (Phi) is 5.26. The molecule has 0 aromatic heterocycles. The molecule has 0 bridgehead atoms. The molecule has 0 radical (unpaired) electrons. The fraction of sp³-hybridized carbons (Fsp3) is 0.158. The summed E-state index contributed by atoms with van der Waals surface area (Å²) >= 11 is 0. The first-order valence-corrected chi connectivity index (χ1v) is 7.28. The molecule has 3 nitrogen and oxygen atoms in total. The molecule has 2 aromatic rings. The van der Waals surface area contributed by atoms with Crippen molar-refractivity contribution < 1.29 is 4.79 Å². The van der Waals surface area contributed by atoms with Gasteiger partial charge >= 0.3 is 0 Å². The van der Waals surface area contributed by atoms with Gasteiger partial charge in [-0.25, -0.2) is 0 Å². The van der Waals surface area contributed by atoms with E-state index < -0.39 is 0 Å². The number of carbonyl (C=O) groups excluding carboxylic acids is 1. The van der Waals surface area contributed by atoms with Gasteiger partial charge in [-0.1, -0.05) is 48.0 Å². The molecule has 2 aromatic carbocycles. The molecule has 2 rings (SSSR count). The normalized spacial score (nSPS) is 10.6. The lowest BCUT2D eigenvalue weighted by atomic mass is 10.1. The molecule has 0 aliphatic carbocycles. The number of rotatable bonds is 5. The van der Waals surface area contributed by atoms with E-state index in [1.165, 1.54) is 6.08 Å². The summed E-state index contributed by atoms with van der Waals surface area (Å²) in [5, 5.41) is 2.98. The lowest BCUT2D eigenvalue weighted by Crippen LogP contribution is -2.15. The van der Waals surface area contributed by atoms with Gasteiger partial charge in [-0.3, -0.25) is 9.59 Å². The van der Waals surface area contributed by atoms with E-state index in [0.29, 0.717) is 12.2 Å². The Morgan fingerprint density at radius 2 is 1.77 bits per heavy atom. The van der Waals surface area contributed by atoms with Crippen LogP contribution in [0.15, 0.2) is 59.4 Å². The third kappa shape index (κ3) is 3.92. The SMILES string of the molecule is CCNc1ccccc(C(=O)/C=C/c2ccc(C)cc2)c1=O. The first kappa shape index (κ1) is 15.7. The minimum Gasteiger partial charge on any atom is -0.382 e. The van der Waals surface area contributed by atoms with E-state index in [2.05, 4.69) is 5.32 Å². The van der Waals surface area contributed by atoms with Crippen molar-refractivity contribution in [2.24, 2.45) is 0 Å². The average Bonchev–Trinajstić information content (AvgIpc) is 2.69. The van der Waals surface area contributed by atoms with Crippen molar-refractivity contribution in [2.75, 3.05) is 11.9 Å². The van der Waals surface area contributed by atoms with E-state index in [4.69, 9.17) is 0 Å². The quantitative estimate of drug-likeness (QED) is 0.675. The second-order valence-corrected chi connectivity index (χ2v) is 5.01. The first-order valence-electron chi connectivity index (χ1n) is 7.28. The summed E-state index contributed by atoms with van der Waals surface area (Å²) in [6.45, 7) is 4.55. The number of anilines is 1. The van der Waals surface area contributed by atoms with Crippen molar-refractivity contribution in [3.8, 4) is 0 Å². The Morgan fingerprint density at radius 1 is 1.09 bits per heavy atom. The zero-order valence-corrected chi connectivity index (χ0v) is 12.8. The molecule has 0 unspecified atom stereocenters. The summed E-state index contributed by atoms with van der Waals surface area (Å²) in [6.07, 6.45) is 3.16. The molecule has 0 fully saturated rings. The fourth-order valence-corrected chi connectivity index (χ4v) is 2.06.